The number of benzene rings is 1. The summed E-state index contributed by atoms with van der Waals surface area (Å²) in [6, 6.07) is 14.5. The lowest BCUT2D eigenvalue weighted by atomic mass is 10.0. The van der Waals surface area contributed by atoms with Gasteiger partial charge in [0.25, 0.3) is 0 Å². The number of rotatable bonds is 4. The van der Waals surface area contributed by atoms with E-state index in [9.17, 15) is 5.11 Å². The molecular formula is C22H23N5O. The minimum absolute atomic E-state index is 0.0571. The molecule has 1 aliphatic heterocycles. The molecule has 6 nitrogen and oxygen atoms in total. The molecule has 0 saturated carbocycles. The zero-order chi connectivity index (χ0) is 18.9. The summed E-state index contributed by atoms with van der Waals surface area (Å²) in [5, 5.41) is 19.0. The van der Waals surface area contributed by atoms with Gasteiger partial charge in [-0.1, -0.05) is 18.2 Å². The first-order valence-electron chi connectivity index (χ1n) is 9.77. The van der Waals surface area contributed by atoms with E-state index in [1.807, 2.05) is 42.6 Å². The van der Waals surface area contributed by atoms with Crippen LogP contribution in [0.15, 0.2) is 48.7 Å². The van der Waals surface area contributed by atoms with Gasteiger partial charge in [-0.25, -0.2) is 9.97 Å². The first-order chi connectivity index (χ1) is 13.8. The highest BCUT2D eigenvalue weighted by molar-refractivity contribution is 5.96. The van der Waals surface area contributed by atoms with Gasteiger partial charge >= 0.3 is 0 Å². The summed E-state index contributed by atoms with van der Waals surface area (Å²) in [6.45, 7) is 1.99. The van der Waals surface area contributed by atoms with Gasteiger partial charge in [0.15, 0.2) is 0 Å². The Morgan fingerprint density at radius 1 is 1.07 bits per heavy atom. The quantitative estimate of drug-likeness (QED) is 0.440. The normalized spacial score (nSPS) is 15.3. The molecule has 1 aliphatic rings. The van der Waals surface area contributed by atoms with E-state index >= 15 is 0 Å². The summed E-state index contributed by atoms with van der Waals surface area (Å²) in [5.41, 5.74) is 4.36. The van der Waals surface area contributed by atoms with E-state index in [0.29, 0.717) is 6.04 Å². The second kappa shape index (κ2) is 7.22. The Morgan fingerprint density at radius 3 is 2.79 bits per heavy atom. The minimum Gasteiger partial charge on any atom is -0.392 e. The molecule has 4 aromatic rings. The van der Waals surface area contributed by atoms with Crippen molar-refractivity contribution in [2.75, 3.05) is 18.4 Å². The number of aliphatic hydroxyl groups excluding tert-OH is 1. The molecule has 0 spiro atoms. The zero-order valence-electron chi connectivity index (χ0n) is 15.6. The molecule has 0 atom stereocenters. The lowest BCUT2D eigenvalue weighted by Gasteiger charge is -2.24. The highest BCUT2D eigenvalue weighted by Crippen LogP contribution is 2.33. The second-order valence-electron chi connectivity index (χ2n) is 7.31. The van der Waals surface area contributed by atoms with Crippen molar-refractivity contribution in [1.29, 1.82) is 0 Å². The van der Waals surface area contributed by atoms with Gasteiger partial charge in [-0.2, -0.15) is 0 Å². The summed E-state index contributed by atoms with van der Waals surface area (Å²) in [7, 11) is 0. The first kappa shape index (κ1) is 17.2. The maximum atomic E-state index is 10.0. The fourth-order valence-electron chi connectivity index (χ4n) is 4.00. The number of pyridine rings is 2. The van der Waals surface area contributed by atoms with Crippen LogP contribution in [0, 0.1) is 0 Å². The maximum absolute atomic E-state index is 10.0. The van der Waals surface area contributed by atoms with E-state index in [0.717, 1.165) is 70.5 Å². The molecule has 1 aromatic carbocycles. The lowest BCUT2D eigenvalue weighted by molar-refractivity contribution is 0.282. The Bertz CT molecular complexity index is 1130. The summed E-state index contributed by atoms with van der Waals surface area (Å²) in [5.74, 6) is 0.843. The Morgan fingerprint density at radius 2 is 1.93 bits per heavy atom. The van der Waals surface area contributed by atoms with Gasteiger partial charge in [0.1, 0.15) is 11.5 Å². The Balaban J connectivity index is 1.65. The van der Waals surface area contributed by atoms with Gasteiger partial charge in [0.2, 0.25) is 0 Å². The molecule has 0 bridgehead atoms. The predicted octanol–water partition coefficient (Wildman–Crippen LogP) is 3.43. The highest BCUT2D eigenvalue weighted by Gasteiger charge is 2.17. The van der Waals surface area contributed by atoms with Crippen LogP contribution in [0.4, 0.5) is 5.82 Å². The lowest BCUT2D eigenvalue weighted by Crippen LogP contribution is -2.35. The number of fused-ring (bicyclic) bond motifs is 2. The number of nitrogens with one attached hydrogen (secondary N) is 3. The van der Waals surface area contributed by atoms with Crippen LogP contribution in [0.25, 0.3) is 33.2 Å². The number of piperidine rings is 1. The van der Waals surface area contributed by atoms with E-state index < -0.39 is 0 Å². The molecule has 1 saturated heterocycles. The van der Waals surface area contributed by atoms with Crippen molar-refractivity contribution in [2.45, 2.75) is 25.5 Å². The third-order valence-electron chi connectivity index (χ3n) is 5.45. The SMILES string of the molecule is OCc1cc2ccccc2nc1-c1cc(NC2CCNCC2)nc2[nH]ccc12. The molecule has 0 aliphatic carbocycles. The van der Waals surface area contributed by atoms with Crippen LogP contribution in [0.5, 0.6) is 0 Å². The van der Waals surface area contributed by atoms with E-state index in [-0.39, 0.29) is 6.61 Å². The molecule has 0 amide bonds. The van der Waals surface area contributed by atoms with E-state index in [1.165, 1.54) is 0 Å². The average Bonchev–Trinajstić information content (AvgIpc) is 3.21. The molecular weight excluding hydrogens is 350 g/mol. The van der Waals surface area contributed by atoms with Crippen LogP contribution < -0.4 is 10.6 Å². The van der Waals surface area contributed by atoms with Crippen molar-refractivity contribution in [2.24, 2.45) is 0 Å². The molecule has 0 radical (unpaired) electrons. The number of aromatic amines is 1. The number of hydrogen-bond donors (Lipinski definition) is 4. The van der Waals surface area contributed by atoms with Crippen molar-refractivity contribution < 1.29 is 5.11 Å². The Hall–Kier alpha value is -2.96. The van der Waals surface area contributed by atoms with Crippen LogP contribution in [0.3, 0.4) is 0 Å². The topological polar surface area (TPSA) is 85.9 Å². The van der Waals surface area contributed by atoms with Crippen molar-refractivity contribution in [3.8, 4) is 11.3 Å². The molecule has 6 heteroatoms. The summed E-state index contributed by atoms with van der Waals surface area (Å²) < 4.78 is 0. The molecule has 142 valence electrons. The molecule has 0 unspecified atom stereocenters. The predicted molar refractivity (Wildman–Crippen MR) is 112 cm³/mol. The third-order valence-corrected chi connectivity index (χ3v) is 5.45. The van der Waals surface area contributed by atoms with Crippen LogP contribution in [0.1, 0.15) is 18.4 Å². The minimum atomic E-state index is -0.0571. The number of para-hydroxylation sites is 1. The van der Waals surface area contributed by atoms with Gasteiger partial charge in [-0.3, -0.25) is 0 Å². The van der Waals surface area contributed by atoms with Crippen LogP contribution in [-0.4, -0.2) is 39.2 Å². The number of anilines is 1. The smallest absolute Gasteiger partial charge is 0.140 e. The highest BCUT2D eigenvalue weighted by atomic mass is 16.3. The second-order valence-corrected chi connectivity index (χ2v) is 7.31. The van der Waals surface area contributed by atoms with Gasteiger partial charge in [-0.05, 0) is 50.2 Å². The fraction of sp³-hybridized carbons (Fsp3) is 0.273. The number of nitrogens with zero attached hydrogens (tertiary/aromatic N) is 2. The standard InChI is InChI=1S/C22H23N5O/c28-13-15-11-14-3-1-2-4-19(14)26-21(15)18-12-20(25-16-5-8-23-9-6-16)27-22-17(18)7-10-24-22/h1-4,7,10-12,16,23,28H,5-6,8-9,13H2,(H2,24,25,27). The number of aliphatic hydroxyl groups is 1. The number of aromatic nitrogens is 3. The molecule has 28 heavy (non-hydrogen) atoms. The number of H-pyrrole nitrogens is 1. The molecule has 5 rings (SSSR count). The first-order valence-corrected chi connectivity index (χ1v) is 9.77. The van der Waals surface area contributed by atoms with Crippen molar-refractivity contribution >= 4 is 27.8 Å². The van der Waals surface area contributed by atoms with Gasteiger partial charge in [0.05, 0.1) is 17.8 Å². The molecule has 4 N–H and O–H groups in total. The van der Waals surface area contributed by atoms with Gasteiger partial charge < -0.3 is 20.7 Å². The molecule has 3 aromatic heterocycles. The summed E-state index contributed by atoms with van der Waals surface area (Å²) >= 11 is 0. The molecule has 1 fully saturated rings. The fourth-order valence-corrected chi connectivity index (χ4v) is 4.00. The maximum Gasteiger partial charge on any atom is 0.140 e. The van der Waals surface area contributed by atoms with Crippen LogP contribution >= 0.6 is 0 Å². The van der Waals surface area contributed by atoms with Gasteiger partial charge in [-0.15, -0.1) is 0 Å². The summed E-state index contributed by atoms with van der Waals surface area (Å²) in [4.78, 5) is 12.9. The van der Waals surface area contributed by atoms with E-state index in [1.54, 1.807) is 0 Å². The Labute approximate surface area is 163 Å². The third kappa shape index (κ3) is 3.10. The number of hydrogen-bond acceptors (Lipinski definition) is 5. The van der Waals surface area contributed by atoms with Crippen LogP contribution in [-0.2, 0) is 6.61 Å². The van der Waals surface area contributed by atoms with Crippen molar-refractivity contribution in [3.63, 3.8) is 0 Å². The van der Waals surface area contributed by atoms with E-state index in [2.05, 4.69) is 21.7 Å². The zero-order valence-corrected chi connectivity index (χ0v) is 15.6. The average molecular weight is 373 g/mol. The monoisotopic (exact) mass is 373 g/mol. The summed E-state index contributed by atoms with van der Waals surface area (Å²) in [6.07, 6.45) is 4.06. The Kier molecular flexibility index (Phi) is 4.43. The van der Waals surface area contributed by atoms with Crippen molar-refractivity contribution in [3.05, 3.63) is 54.2 Å². The van der Waals surface area contributed by atoms with Gasteiger partial charge in [0, 0.05) is 34.1 Å². The van der Waals surface area contributed by atoms with Crippen molar-refractivity contribution in [1.82, 2.24) is 20.3 Å². The van der Waals surface area contributed by atoms with Crippen LogP contribution in [0.2, 0.25) is 0 Å². The molecule has 4 heterocycles. The largest absolute Gasteiger partial charge is 0.392 e. The van der Waals surface area contributed by atoms with E-state index in [4.69, 9.17) is 9.97 Å².